The lowest BCUT2D eigenvalue weighted by Gasteiger charge is -2.14. The zero-order valence-corrected chi connectivity index (χ0v) is 21.6. The SMILES string of the molecule is CN1Cc2cc(Cl)c(Nc3ncc(C(F)(F)F)c(-c4cc5c(s4)S(=O)(=O)NCCS5(=O)=O)n3)cc2C1. The van der Waals surface area contributed by atoms with E-state index in [1.165, 1.54) is 0 Å². The normalized spacial score (nSPS) is 18.9. The average Bonchev–Trinajstić information content (AvgIpc) is 3.35. The van der Waals surface area contributed by atoms with Gasteiger partial charge in [0.15, 0.2) is 14.0 Å². The van der Waals surface area contributed by atoms with Gasteiger partial charge in [0.2, 0.25) is 5.95 Å². The summed E-state index contributed by atoms with van der Waals surface area (Å²) < 4.78 is 93.2. The Kier molecular flexibility index (Phi) is 6.08. The molecule has 2 aliphatic rings. The number of nitrogens with one attached hydrogen (secondary N) is 2. The fourth-order valence-corrected chi connectivity index (χ4v) is 9.30. The molecule has 5 rings (SSSR count). The van der Waals surface area contributed by atoms with Crippen LogP contribution in [0.2, 0.25) is 5.02 Å². The molecule has 0 unspecified atom stereocenters. The van der Waals surface area contributed by atoms with Gasteiger partial charge < -0.3 is 5.32 Å². The lowest BCUT2D eigenvalue weighted by atomic mass is 10.1. The van der Waals surface area contributed by atoms with Crippen LogP contribution in [0.5, 0.6) is 0 Å². The summed E-state index contributed by atoms with van der Waals surface area (Å²) in [5, 5.41) is 3.15. The highest BCUT2D eigenvalue weighted by atomic mass is 35.5. The number of sulfonamides is 1. The number of fused-ring (bicyclic) bond motifs is 2. The van der Waals surface area contributed by atoms with Crippen LogP contribution in [-0.2, 0) is 39.1 Å². The molecule has 36 heavy (non-hydrogen) atoms. The molecule has 2 aliphatic heterocycles. The van der Waals surface area contributed by atoms with E-state index in [1.807, 2.05) is 7.05 Å². The Morgan fingerprint density at radius 3 is 2.53 bits per heavy atom. The lowest BCUT2D eigenvalue weighted by Crippen LogP contribution is -2.24. The van der Waals surface area contributed by atoms with E-state index in [2.05, 4.69) is 24.9 Å². The zero-order chi connectivity index (χ0) is 26.0. The lowest BCUT2D eigenvalue weighted by molar-refractivity contribution is -0.137. The van der Waals surface area contributed by atoms with Crippen molar-refractivity contribution in [3.8, 4) is 10.6 Å². The standard InChI is InChI=1S/C20H17ClF3N5O4S3/c1-29-8-10-4-13(21)14(5-11(10)9-29)27-19-25-7-12(20(22,23)24)17(28-19)15-6-16-18(34-15)36(32,33)26-2-3-35(16,30)31/h4-7,26H,2-3,8-9H2,1H3,(H,25,27,28). The number of hydrogen-bond acceptors (Lipinski definition) is 9. The van der Waals surface area contributed by atoms with Gasteiger partial charge in [-0.05, 0) is 36.4 Å². The van der Waals surface area contributed by atoms with Crippen molar-refractivity contribution in [3.05, 3.63) is 46.1 Å². The van der Waals surface area contributed by atoms with Crippen LogP contribution in [0.1, 0.15) is 16.7 Å². The third-order valence-electron chi connectivity index (χ3n) is 5.65. The summed E-state index contributed by atoms with van der Waals surface area (Å²) in [5.41, 5.74) is 0.502. The van der Waals surface area contributed by atoms with E-state index in [-0.39, 0.29) is 17.4 Å². The molecule has 0 radical (unpaired) electrons. The summed E-state index contributed by atoms with van der Waals surface area (Å²) in [5.74, 6) is -0.747. The van der Waals surface area contributed by atoms with Gasteiger partial charge in [0.05, 0.1) is 31.9 Å². The van der Waals surface area contributed by atoms with E-state index in [9.17, 15) is 30.0 Å². The summed E-state index contributed by atoms with van der Waals surface area (Å²) in [4.78, 5) is 9.01. The minimum Gasteiger partial charge on any atom is -0.323 e. The minimum atomic E-state index is -4.89. The Morgan fingerprint density at radius 2 is 1.83 bits per heavy atom. The van der Waals surface area contributed by atoms with E-state index >= 15 is 0 Å². The molecule has 0 saturated carbocycles. The molecule has 0 spiro atoms. The summed E-state index contributed by atoms with van der Waals surface area (Å²) in [6.45, 7) is 1.03. The van der Waals surface area contributed by atoms with Crippen molar-refractivity contribution in [2.24, 2.45) is 0 Å². The molecular formula is C20H17ClF3N5O4S3. The second-order valence-electron chi connectivity index (χ2n) is 8.33. The van der Waals surface area contributed by atoms with Crippen LogP contribution in [0.4, 0.5) is 24.8 Å². The molecular weight excluding hydrogens is 563 g/mol. The van der Waals surface area contributed by atoms with Crippen molar-refractivity contribution < 1.29 is 30.0 Å². The Morgan fingerprint density at radius 1 is 1.14 bits per heavy atom. The number of thiophene rings is 1. The third-order valence-corrected chi connectivity index (χ3v) is 11.1. The van der Waals surface area contributed by atoms with Crippen molar-refractivity contribution >= 4 is 54.4 Å². The molecule has 0 saturated heterocycles. The zero-order valence-electron chi connectivity index (χ0n) is 18.3. The Balaban J connectivity index is 1.62. The summed E-state index contributed by atoms with van der Waals surface area (Å²) in [6.07, 6.45) is -4.33. The number of rotatable bonds is 3. The van der Waals surface area contributed by atoms with Gasteiger partial charge in [-0.25, -0.2) is 31.5 Å². The number of sulfone groups is 1. The highest BCUT2D eigenvalue weighted by Gasteiger charge is 2.39. The predicted octanol–water partition coefficient (Wildman–Crippen LogP) is 3.63. The van der Waals surface area contributed by atoms with Gasteiger partial charge in [-0.2, -0.15) is 13.2 Å². The number of alkyl halides is 3. The summed E-state index contributed by atoms with van der Waals surface area (Å²) in [6, 6.07) is 4.44. The molecule has 0 amide bonds. The van der Waals surface area contributed by atoms with Crippen molar-refractivity contribution in [1.82, 2.24) is 19.6 Å². The van der Waals surface area contributed by atoms with E-state index in [0.29, 0.717) is 41.3 Å². The maximum absolute atomic E-state index is 13.8. The number of hydrogen-bond donors (Lipinski definition) is 2. The first kappa shape index (κ1) is 25.4. The topological polar surface area (TPSA) is 121 Å². The second kappa shape index (κ2) is 8.63. The van der Waals surface area contributed by atoms with Crippen LogP contribution in [-0.4, -0.2) is 51.0 Å². The first-order valence-corrected chi connectivity index (χ1v) is 14.7. The first-order valence-electron chi connectivity index (χ1n) is 10.3. The monoisotopic (exact) mass is 579 g/mol. The first-order chi connectivity index (χ1) is 16.7. The van der Waals surface area contributed by atoms with Gasteiger partial charge >= 0.3 is 6.18 Å². The summed E-state index contributed by atoms with van der Waals surface area (Å²) >= 11 is 6.75. The Hall–Kier alpha value is -2.30. The quantitative estimate of drug-likeness (QED) is 0.482. The van der Waals surface area contributed by atoms with Gasteiger partial charge in [0.1, 0.15) is 5.56 Å². The van der Waals surface area contributed by atoms with Crippen LogP contribution < -0.4 is 10.0 Å². The van der Waals surface area contributed by atoms with Crippen LogP contribution in [0.15, 0.2) is 33.5 Å². The molecule has 3 aromatic rings. The molecule has 4 heterocycles. The molecule has 0 fully saturated rings. The van der Waals surface area contributed by atoms with Crippen LogP contribution in [0.3, 0.4) is 0 Å². The summed E-state index contributed by atoms with van der Waals surface area (Å²) in [7, 11) is -6.35. The van der Waals surface area contributed by atoms with Crippen molar-refractivity contribution in [1.29, 1.82) is 0 Å². The molecule has 9 nitrogen and oxygen atoms in total. The van der Waals surface area contributed by atoms with E-state index in [4.69, 9.17) is 11.6 Å². The van der Waals surface area contributed by atoms with Gasteiger partial charge in [-0.15, -0.1) is 11.3 Å². The molecule has 0 aliphatic carbocycles. The fraction of sp³-hybridized carbons (Fsp3) is 0.300. The second-order valence-corrected chi connectivity index (χ2v) is 13.8. The molecule has 0 atom stereocenters. The molecule has 192 valence electrons. The van der Waals surface area contributed by atoms with Crippen molar-refractivity contribution in [2.75, 3.05) is 24.7 Å². The number of aromatic nitrogens is 2. The maximum Gasteiger partial charge on any atom is 0.420 e. The number of benzene rings is 1. The van der Waals surface area contributed by atoms with Crippen LogP contribution in [0, 0.1) is 0 Å². The minimum absolute atomic E-state index is 0.223. The van der Waals surface area contributed by atoms with E-state index < -0.39 is 52.2 Å². The van der Waals surface area contributed by atoms with Crippen LogP contribution >= 0.6 is 22.9 Å². The van der Waals surface area contributed by atoms with Gasteiger partial charge in [0.25, 0.3) is 10.0 Å². The number of anilines is 2. The van der Waals surface area contributed by atoms with Gasteiger partial charge in [-0.3, -0.25) is 4.90 Å². The molecule has 0 bridgehead atoms. The number of halogens is 4. The van der Waals surface area contributed by atoms with E-state index in [0.717, 1.165) is 17.2 Å². The molecule has 2 N–H and O–H groups in total. The van der Waals surface area contributed by atoms with Gasteiger partial charge in [-0.1, -0.05) is 11.6 Å². The average molecular weight is 580 g/mol. The van der Waals surface area contributed by atoms with Crippen molar-refractivity contribution in [2.45, 2.75) is 28.4 Å². The fourth-order valence-electron chi connectivity index (χ4n) is 4.01. The molecule has 2 aromatic heterocycles. The highest BCUT2D eigenvalue weighted by Crippen LogP contribution is 2.43. The molecule has 1 aromatic carbocycles. The predicted molar refractivity (Wildman–Crippen MR) is 127 cm³/mol. The van der Waals surface area contributed by atoms with Crippen LogP contribution in [0.25, 0.3) is 10.6 Å². The third kappa shape index (κ3) is 4.59. The maximum atomic E-state index is 13.8. The number of nitrogens with zero attached hydrogens (tertiary/aromatic N) is 3. The van der Waals surface area contributed by atoms with Gasteiger partial charge in [0, 0.05) is 25.8 Å². The highest BCUT2D eigenvalue weighted by molar-refractivity contribution is 7.95. The molecule has 16 heteroatoms. The van der Waals surface area contributed by atoms with Crippen molar-refractivity contribution in [3.63, 3.8) is 0 Å². The smallest absolute Gasteiger partial charge is 0.323 e. The Labute approximate surface area is 213 Å². The van der Waals surface area contributed by atoms with E-state index in [1.54, 1.807) is 12.1 Å². The Bertz CT molecular complexity index is 1560. The largest absolute Gasteiger partial charge is 0.420 e.